The van der Waals surface area contributed by atoms with Crippen molar-refractivity contribution < 1.29 is 4.74 Å². The van der Waals surface area contributed by atoms with Crippen LogP contribution in [0.4, 0.5) is 5.82 Å². The molecule has 0 bridgehead atoms. The van der Waals surface area contributed by atoms with Crippen LogP contribution in [0.1, 0.15) is 51.0 Å². The molecule has 2 N–H and O–H groups in total. The predicted octanol–water partition coefficient (Wildman–Crippen LogP) is 2.94. The van der Waals surface area contributed by atoms with Gasteiger partial charge in [0, 0.05) is 46.1 Å². The summed E-state index contributed by atoms with van der Waals surface area (Å²) in [6.45, 7) is 7.69. The molecule has 1 aliphatic carbocycles. The lowest BCUT2D eigenvalue weighted by Crippen LogP contribution is -2.46. The summed E-state index contributed by atoms with van der Waals surface area (Å²) in [4.78, 5) is 11.7. The van der Waals surface area contributed by atoms with E-state index in [9.17, 15) is 0 Å². The first-order chi connectivity index (χ1) is 13.2. The number of guanidine groups is 1. The minimum absolute atomic E-state index is 0.381. The van der Waals surface area contributed by atoms with E-state index in [0.717, 1.165) is 51.0 Å². The molecular weight excluding hydrogens is 338 g/mol. The van der Waals surface area contributed by atoms with Gasteiger partial charge >= 0.3 is 0 Å². The highest BCUT2D eigenvalue weighted by molar-refractivity contribution is 5.79. The number of aliphatic imine (C=N–C) groups is 1. The van der Waals surface area contributed by atoms with E-state index in [2.05, 4.69) is 39.6 Å². The fourth-order valence-electron chi connectivity index (χ4n) is 3.97. The van der Waals surface area contributed by atoms with Crippen molar-refractivity contribution >= 4 is 11.8 Å². The zero-order valence-corrected chi connectivity index (χ0v) is 17.0. The Labute approximate surface area is 163 Å². The van der Waals surface area contributed by atoms with Crippen molar-refractivity contribution in [2.75, 3.05) is 44.8 Å². The van der Waals surface area contributed by atoms with Gasteiger partial charge < -0.3 is 20.3 Å². The van der Waals surface area contributed by atoms with Crippen LogP contribution in [0.15, 0.2) is 23.3 Å². The van der Waals surface area contributed by atoms with Crippen LogP contribution in [-0.2, 0) is 11.3 Å². The standard InChI is InChI=1S/C21H35N5O/c1-3-22-20(25-17-21(8-6-9-21)10-14-27-2)24-16-18-7-11-23-19(15-18)26-12-4-5-13-26/h7,11,15H,3-6,8-10,12-14,16-17H2,1-2H3,(H2,22,24,25). The van der Waals surface area contributed by atoms with Crippen molar-refractivity contribution in [1.29, 1.82) is 0 Å². The van der Waals surface area contributed by atoms with Crippen molar-refractivity contribution in [2.45, 2.75) is 52.0 Å². The van der Waals surface area contributed by atoms with Gasteiger partial charge in [-0.25, -0.2) is 9.98 Å². The molecule has 2 heterocycles. The Kier molecular flexibility index (Phi) is 7.33. The molecule has 150 valence electrons. The van der Waals surface area contributed by atoms with Crippen LogP contribution in [0.2, 0.25) is 0 Å². The third kappa shape index (κ3) is 5.58. The Bertz CT molecular complexity index is 608. The van der Waals surface area contributed by atoms with Gasteiger partial charge in [-0.05, 0) is 62.1 Å². The molecule has 1 saturated heterocycles. The van der Waals surface area contributed by atoms with Crippen LogP contribution in [0.25, 0.3) is 0 Å². The third-order valence-electron chi connectivity index (χ3n) is 5.89. The van der Waals surface area contributed by atoms with Crippen LogP contribution >= 0.6 is 0 Å². The number of hydrogen-bond donors (Lipinski definition) is 2. The van der Waals surface area contributed by atoms with Gasteiger partial charge in [0.1, 0.15) is 5.82 Å². The van der Waals surface area contributed by atoms with E-state index < -0.39 is 0 Å². The molecule has 1 aromatic rings. The van der Waals surface area contributed by atoms with Gasteiger partial charge in [0.2, 0.25) is 0 Å². The van der Waals surface area contributed by atoms with E-state index in [-0.39, 0.29) is 0 Å². The maximum atomic E-state index is 5.30. The lowest BCUT2D eigenvalue weighted by atomic mass is 9.67. The molecule has 1 saturated carbocycles. The zero-order valence-electron chi connectivity index (χ0n) is 17.0. The van der Waals surface area contributed by atoms with E-state index in [0.29, 0.717) is 12.0 Å². The fraction of sp³-hybridized carbons (Fsp3) is 0.714. The first-order valence-electron chi connectivity index (χ1n) is 10.5. The summed E-state index contributed by atoms with van der Waals surface area (Å²) in [7, 11) is 1.79. The second kappa shape index (κ2) is 9.93. The van der Waals surface area contributed by atoms with Crippen LogP contribution in [-0.4, -0.2) is 50.8 Å². The van der Waals surface area contributed by atoms with Crippen molar-refractivity contribution in [1.82, 2.24) is 15.6 Å². The number of methoxy groups -OCH3 is 1. The number of rotatable bonds is 9. The highest BCUT2D eigenvalue weighted by Crippen LogP contribution is 2.43. The SMILES string of the molecule is CCNC(=NCc1ccnc(N2CCCC2)c1)NCC1(CCOC)CCC1. The highest BCUT2D eigenvalue weighted by Gasteiger charge is 2.36. The van der Waals surface area contributed by atoms with Gasteiger partial charge in [-0.1, -0.05) is 6.42 Å². The first-order valence-corrected chi connectivity index (χ1v) is 10.5. The molecule has 0 atom stereocenters. The van der Waals surface area contributed by atoms with Crippen LogP contribution in [0, 0.1) is 5.41 Å². The Morgan fingerprint density at radius 3 is 2.74 bits per heavy atom. The van der Waals surface area contributed by atoms with E-state index in [1.165, 1.54) is 37.7 Å². The molecule has 0 spiro atoms. The molecular formula is C21H35N5O. The van der Waals surface area contributed by atoms with Crippen molar-refractivity contribution in [3.63, 3.8) is 0 Å². The zero-order chi connectivity index (χ0) is 19.0. The summed E-state index contributed by atoms with van der Waals surface area (Å²) in [6.07, 6.45) is 9.47. The van der Waals surface area contributed by atoms with Gasteiger partial charge in [-0.3, -0.25) is 0 Å². The van der Waals surface area contributed by atoms with Gasteiger partial charge in [-0.2, -0.15) is 0 Å². The summed E-state index contributed by atoms with van der Waals surface area (Å²) < 4.78 is 5.30. The Morgan fingerprint density at radius 2 is 2.07 bits per heavy atom. The maximum absolute atomic E-state index is 5.30. The Morgan fingerprint density at radius 1 is 1.26 bits per heavy atom. The summed E-state index contributed by atoms with van der Waals surface area (Å²) in [5, 5.41) is 6.95. The minimum Gasteiger partial charge on any atom is -0.385 e. The quantitative estimate of drug-likeness (QED) is 0.515. The summed E-state index contributed by atoms with van der Waals surface area (Å²) in [6, 6.07) is 4.25. The molecule has 0 amide bonds. The molecule has 6 heteroatoms. The number of anilines is 1. The second-order valence-corrected chi connectivity index (χ2v) is 7.86. The smallest absolute Gasteiger partial charge is 0.191 e. The third-order valence-corrected chi connectivity index (χ3v) is 5.89. The first kappa shape index (κ1) is 19.9. The van der Waals surface area contributed by atoms with E-state index in [1.807, 2.05) is 6.20 Å². The minimum atomic E-state index is 0.381. The molecule has 3 rings (SSSR count). The molecule has 2 fully saturated rings. The fourth-order valence-corrected chi connectivity index (χ4v) is 3.97. The average Bonchev–Trinajstić information content (AvgIpc) is 3.20. The van der Waals surface area contributed by atoms with Crippen LogP contribution < -0.4 is 15.5 Å². The lowest BCUT2D eigenvalue weighted by molar-refractivity contribution is 0.0732. The Hall–Kier alpha value is -1.82. The van der Waals surface area contributed by atoms with Crippen molar-refractivity contribution in [2.24, 2.45) is 10.4 Å². The number of aromatic nitrogens is 1. The Balaban J connectivity index is 1.57. The van der Waals surface area contributed by atoms with Crippen molar-refractivity contribution in [3.05, 3.63) is 23.9 Å². The average molecular weight is 374 g/mol. The van der Waals surface area contributed by atoms with Gasteiger partial charge in [-0.15, -0.1) is 0 Å². The van der Waals surface area contributed by atoms with E-state index >= 15 is 0 Å². The normalized spacial score (nSPS) is 19.0. The topological polar surface area (TPSA) is 61.8 Å². The van der Waals surface area contributed by atoms with E-state index in [1.54, 1.807) is 7.11 Å². The monoisotopic (exact) mass is 373 g/mol. The number of hydrogen-bond acceptors (Lipinski definition) is 4. The summed E-state index contributed by atoms with van der Waals surface area (Å²) >= 11 is 0. The van der Waals surface area contributed by atoms with Gasteiger partial charge in [0.15, 0.2) is 5.96 Å². The molecule has 6 nitrogen and oxygen atoms in total. The largest absolute Gasteiger partial charge is 0.385 e. The molecule has 1 aliphatic heterocycles. The van der Waals surface area contributed by atoms with Crippen LogP contribution in [0.5, 0.6) is 0 Å². The molecule has 0 aromatic carbocycles. The molecule has 2 aliphatic rings. The molecule has 1 aromatic heterocycles. The summed E-state index contributed by atoms with van der Waals surface area (Å²) in [5.41, 5.74) is 1.59. The number of ether oxygens (including phenoxy) is 1. The summed E-state index contributed by atoms with van der Waals surface area (Å²) in [5.74, 6) is 1.99. The van der Waals surface area contributed by atoms with Crippen LogP contribution in [0.3, 0.4) is 0 Å². The number of nitrogens with one attached hydrogen (secondary N) is 2. The number of nitrogens with zero attached hydrogens (tertiary/aromatic N) is 3. The molecule has 0 unspecified atom stereocenters. The van der Waals surface area contributed by atoms with E-state index in [4.69, 9.17) is 9.73 Å². The maximum Gasteiger partial charge on any atom is 0.191 e. The highest BCUT2D eigenvalue weighted by atomic mass is 16.5. The lowest BCUT2D eigenvalue weighted by Gasteiger charge is -2.42. The molecule has 0 radical (unpaired) electrons. The van der Waals surface area contributed by atoms with Crippen molar-refractivity contribution in [3.8, 4) is 0 Å². The predicted molar refractivity (Wildman–Crippen MR) is 111 cm³/mol. The second-order valence-electron chi connectivity index (χ2n) is 7.86. The molecule has 27 heavy (non-hydrogen) atoms. The van der Waals surface area contributed by atoms with Gasteiger partial charge in [0.05, 0.1) is 6.54 Å². The number of pyridine rings is 1. The van der Waals surface area contributed by atoms with Gasteiger partial charge in [0.25, 0.3) is 0 Å².